The quantitative estimate of drug-likeness (QED) is 0.605. The smallest absolute Gasteiger partial charge is 0.407 e. The van der Waals surface area contributed by atoms with E-state index in [0.29, 0.717) is 11.1 Å². The highest BCUT2D eigenvalue weighted by Gasteiger charge is 2.20. The van der Waals surface area contributed by atoms with Crippen LogP contribution in [0, 0.1) is 6.92 Å². The molecule has 1 aromatic carbocycles. The molecule has 7 heteroatoms. The maximum atomic E-state index is 11.6. The van der Waals surface area contributed by atoms with Gasteiger partial charge in [0.2, 0.25) is 5.56 Å². The second kappa shape index (κ2) is 9.00. The number of alkyl carbamates (subject to hydrolysis) is 1. The summed E-state index contributed by atoms with van der Waals surface area (Å²) < 4.78 is 5.05. The summed E-state index contributed by atoms with van der Waals surface area (Å²) in [5, 5.41) is 22.7. The van der Waals surface area contributed by atoms with E-state index in [9.17, 15) is 19.8 Å². The van der Waals surface area contributed by atoms with Crippen LogP contribution >= 0.6 is 0 Å². The lowest BCUT2D eigenvalue weighted by atomic mass is 10.00. The number of nitrogens with one attached hydrogen (secondary N) is 2. The first-order valence-electron chi connectivity index (χ1n) is 7.97. The van der Waals surface area contributed by atoms with Crippen LogP contribution in [0.25, 0.3) is 0 Å². The zero-order valence-electron chi connectivity index (χ0n) is 13.9. The maximum absolute atomic E-state index is 11.6. The zero-order valence-corrected chi connectivity index (χ0v) is 13.9. The average molecular weight is 346 g/mol. The first kappa shape index (κ1) is 18.7. The molecule has 134 valence electrons. The molecule has 1 amide bonds. The molecular weight excluding hydrogens is 324 g/mol. The predicted molar refractivity (Wildman–Crippen MR) is 92.0 cm³/mol. The third-order valence-corrected chi connectivity index (χ3v) is 3.78. The van der Waals surface area contributed by atoms with Gasteiger partial charge in [-0.3, -0.25) is 4.79 Å². The van der Waals surface area contributed by atoms with Gasteiger partial charge in [-0.25, -0.2) is 4.79 Å². The molecule has 4 N–H and O–H groups in total. The number of carbonyl (C=O) groups is 1. The summed E-state index contributed by atoms with van der Waals surface area (Å²) in [7, 11) is 0. The fraction of sp³-hybridized carbons (Fsp3) is 0.333. The van der Waals surface area contributed by atoms with Crippen LogP contribution in [0.1, 0.15) is 29.2 Å². The largest absolute Gasteiger partial charge is 0.445 e. The molecule has 0 spiro atoms. The lowest BCUT2D eigenvalue weighted by molar-refractivity contribution is 0.0130. The molecule has 25 heavy (non-hydrogen) atoms. The summed E-state index contributed by atoms with van der Waals surface area (Å²) in [6, 6.07) is 10.6. The van der Waals surface area contributed by atoms with E-state index in [1.54, 1.807) is 6.92 Å². The zero-order chi connectivity index (χ0) is 18.2. The normalized spacial score (nSPS) is 13.1. The molecule has 0 aliphatic heterocycles. The number of ether oxygens (including phenoxy) is 1. The average Bonchev–Trinajstić information content (AvgIpc) is 2.60. The van der Waals surface area contributed by atoms with E-state index in [0.717, 1.165) is 5.56 Å². The van der Waals surface area contributed by atoms with Crippen molar-refractivity contribution in [1.82, 2.24) is 10.3 Å². The van der Waals surface area contributed by atoms with E-state index in [-0.39, 0.29) is 25.1 Å². The number of rotatable bonds is 7. The van der Waals surface area contributed by atoms with Gasteiger partial charge in [-0.2, -0.15) is 0 Å². The minimum atomic E-state index is -1.15. The Hall–Kier alpha value is -2.64. The van der Waals surface area contributed by atoms with Crippen LogP contribution in [0.3, 0.4) is 0 Å². The van der Waals surface area contributed by atoms with Gasteiger partial charge in [-0.15, -0.1) is 0 Å². The minimum absolute atomic E-state index is 0.139. The number of aliphatic hydroxyl groups excluding tert-OH is 2. The van der Waals surface area contributed by atoms with Crippen molar-refractivity contribution in [2.75, 3.05) is 6.54 Å². The van der Waals surface area contributed by atoms with Gasteiger partial charge in [-0.1, -0.05) is 30.3 Å². The first-order valence-corrected chi connectivity index (χ1v) is 7.97. The number of pyridine rings is 1. The third-order valence-electron chi connectivity index (χ3n) is 3.78. The monoisotopic (exact) mass is 346 g/mol. The topological polar surface area (TPSA) is 112 Å². The molecular formula is C18H22N2O5. The van der Waals surface area contributed by atoms with Crippen LogP contribution in [0.2, 0.25) is 0 Å². The molecule has 2 unspecified atom stereocenters. The summed E-state index contributed by atoms with van der Waals surface area (Å²) in [6.07, 6.45) is -1.31. The summed E-state index contributed by atoms with van der Waals surface area (Å²) in [4.78, 5) is 25.3. The summed E-state index contributed by atoms with van der Waals surface area (Å²) in [5.41, 5.74) is 1.64. The number of H-pyrrole nitrogens is 1. The van der Waals surface area contributed by atoms with Crippen molar-refractivity contribution in [2.24, 2.45) is 0 Å². The van der Waals surface area contributed by atoms with Crippen molar-refractivity contribution in [2.45, 2.75) is 32.2 Å². The Bertz CT molecular complexity index is 745. The van der Waals surface area contributed by atoms with E-state index in [1.165, 1.54) is 12.3 Å². The summed E-state index contributed by atoms with van der Waals surface area (Å²) >= 11 is 0. The molecule has 0 fully saturated rings. The van der Waals surface area contributed by atoms with Crippen molar-refractivity contribution in [3.8, 4) is 0 Å². The number of aromatic nitrogens is 1. The van der Waals surface area contributed by atoms with E-state index in [4.69, 9.17) is 4.74 Å². The number of aliphatic hydroxyl groups is 2. The number of carbonyl (C=O) groups excluding carboxylic acids is 1. The van der Waals surface area contributed by atoms with E-state index in [2.05, 4.69) is 10.3 Å². The molecule has 0 bridgehead atoms. The molecule has 0 saturated heterocycles. The molecule has 2 rings (SSSR count). The van der Waals surface area contributed by atoms with Gasteiger partial charge < -0.3 is 25.3 Å². The Morgan fingerprint density at radius 3 is 2.68 bits per heavy atom. The van der Waals surface area contributed by atoms with Crippen molar-refractivity contribution in [3.05, 3.63) is 69.6 Å². The molecule has 1 heterocycles. The van der Waals surface area contributed by atoms with Crippen molar-refractivity contribution in [1.29, 1.82) is 0 Å². The highest BCUT2D eigenvalue weighted by Crippen LogP contribution is 2.20. The first-order chi connectivity index (χ1) is 12.0. The number of hydrogen-bond donors (Lipinski definition) is 4. The van der Waals surface area contributed by atoms with Gasteiger partial charge in [-0.05, 0) is 24.5 Å². The second-order valence-electron chi connectivity index (χ2n) is 5.72. The second-order valence-corrected chi connectivity index (χ2v) is 5.72. The van der Waals surface area contributed by atoms with Crippen molar-refractivity contribution >= 4 is 6.09 Å². The van der Waals surface area contributed by atoms with Crippen molar-refractivity contribution < 1.29 is 19.7 Å². The van der Waals surface area contributed by atoms with Crippen LogP contribution in [-0.4, -0.2) is 33.9 Å². The molecule has 2 atom stereocenters. The Morgan fingerprint density at radius 1 is 1.28 bits per heavy atom. The molecule has 0 aliphatic rings. The number of aryl methyl sites for hydroxylation is 1. The van der Waals surface area contributed by atoms with Gasteiger partial charge in [0, 0.05) is 24.4 Å². The number of amides is 1. The maximum Gasteiger partial charge on any atom is 0.407 e. The summed E-state index contributed by atoms with van der Waals surface area (Å²) in [6.45, 7) is 1.99. The van der Waals surface area contributed by atoms with E-state index >= 15 is 0 Å². The predicted octanol–water partition coefficient (Wildman–Crippen LogP) is 1.39. The number of aromatic amines is 1. The van der Waals surface area contributed by atoms with Gasteiger partial charge in [0.25, 0.3) is 0 Å². The molecule has 2 aromatic rings. The van der Waals surface area contributed by atoms with E-state index < -0.39 is 18.3 Å². The standard InChI is InChI=1S/C18H22N2O5/c1-12-9-16(22)20-10-14(12)17(23)15(21)7-8-19-18(24)25-11-13-5-3-2-4-6-13/h2-6,9-10,15,17,21,23H,7-8,11H2,1H3,(H,19,24)(H,20,22). The van der Waals surface area contributed by atoms with Crippen LogP contribution < -0.4 is 10.9 Å². The Kier molecular flexibility index (Phi) is 6.73. The molecule has 1 aromatic heterocycles. The van der Waals surface area contributed by atoms with Gasteiger partial charge in [0.15, 0.2) is 0 Å². The lowest BCUT2D eigenvalue weighted by Crippen LogP contribution is -2.30. The fourth-order valence-electron chi connectivity index (χ4n) is 2.36. The van der Waals surface area contributed by atoms with Crippen molar-refractivity contribution in [3.63, 3.8) is 0 Å². The van der Waals surface area contributed by atoms with Crippen LogP contribution in [-0.2, 0) is 11.3 Å². The number of hydrogen-bond acceptors (Lipinski definition) is 5. The van der Waals surface area contributed by atoms with Crippen LogP contribution in [0.5, 0.6) is 0 Å². The Morgan fingerprint density at radius 2 is 2.00 bits per heavy atom. The van der Waals surface area contributed by atoms with Gasteiger partial charge in [0.05, 0.1) is 6.10 Å². The fourth-order valence-corrected chi connectivity index (χ4v) is 2.36. The van der Waals surface area contributed by atoms with Crippen LogP contribution in [0.15, 0.2) is 47.4 Å². The highest BCUT2D eigenvalue weighted by molar-refractivity contribution is 5.67. The lowest BCUT2D eigenvalue weighted by Gasteiger charge is -2.19. The molecule has 0 saturated carbocycles. The minimum Gasteiger partial charge on any atom is -0.445 e. The third kappa shape index (κ3) is 5.74. The Labute approximate surface area is 145 Å². The van der Waals surface area contributed by atoms with Crippen LogP contribution in [0.4, 0.5) is 4.79 Å². The molecule has 7 nitrogen and oxygen atoms in total. The number of benzene rings is 1. The SMILES string of the molecule is Cc1cc(=O)[nH]cc1C(O)C(O)CCNC(=O)OCc1ccccc1. The van der Waals surface area contributed by atoms with Gasteiger partial charge >= 0.3 is 6.09 Å². The van der Waals surface area contributed by atoms with Gasteiger partial charge in [0.1, 0.15) is 12.7 Å². The van der Waals surface area contributed by atoms with E-state index in [1.807, 2.05) is 30.3 Å². The highest BCUT2D eigenvalue weighted by atomic mass is 16.5. The molecule has 0 radical (unpaired) electrons. The Balaban J connectivity index is 1.74. The summed E-state index contributed by atoms with van der Waals surface area (Å²) in [5.74, 6) is 0. The molecule has 0 aliphatic carbocycles.